The molecule has 0 saturated carbocycles. The summed E-state index contributed by atoms with van der Waals surface area (Å²) in [5.74, 6) is -0.0964. The van der Waals surface area contributed by atoms with E-state index in [9.17, 15) is 21.6 Å². The van der Waals surface area contributed by atoms with E-state index in [4.69, 9.17) is 4.55 Å². The third-order valence-electron chi connectivity index (χ3n) is 1.01. The summed E-state index contributed by atoms with van der Waals surface area (Å²) in [4.78, 5) is 0. The van der Waals surface area contributed by atoms with E-state index in [1.807, 2.05) is 6.92 Å². The van der Waals surface area contributed by atoms with Crippen LogP contribution < -0.4 is 0 Å². The summed E-state index contributed by atoms with van der Waals surface area (Å²) in [6, 6.07) is 0. The molecule has 0 bridgehead atoms. The van der Waals surface area contributed by atoms with E-state index >= 15 is 0 Å². The summed E-state index contributed by atoms with van der Waals surface area (Å²) in [5.41, 5.74) is 0. The average molecular weight is 301 g/mol. The third-order valence-corrected chi connectivity index (χ3v) is 1.81. The Morgan fingerprint density at radius 1 is 1.29 bits per heavy atom. The zero-order chi connectivity index (χ0) is 11.8. The predicted molar refractivity (Wildman–Crippen MR) is 49.1 cm³/mol. The quantitative estimate of drug-likeness (QED) is 0.486. The van der Waals surface area contributed by atoms with E-state index < -0.39 is 15.2 Å². The Balaban J connectivity index is 0. The first-order chi connectivity index (χ1) is 6.06. The van der Waals surface area contributed by atoms with E-state index in [1.165, 1.54) is 0 Å². The van der Waals surface area contributed by atoms with Gasteiger partial charge in [0.15, 0.2) is 0 Å². The predicted octanol–water partition coefficient (Wildman–Crippen LogP) is 1.47. The van der Waals surface area contributed by atoms with Gasteiger partial charge in [0.1, 0.15) is 0 Å². The maximum atomic E-state index is 10.3. The molecule has 0 aromatic carbocycles. The molecule has 0 atom stereocenters. The normalized spacial score (nSPS) is 11.9. The minimum atomic E-state index is -4.06. The van der Waals surface area contributed by atoms with Crippen molar-refractivity contribution in [3.8, 4) is 0 Å². The molecule has 0 heterocycles. The Bertz CT molecular complexity index is 219. The van der Waals surface area contributed by atoms with Crippen molar-refractivity contribution in [2.75, 3.05) is 5.75 Å². The molecule has 14 heavy (non-hydrogen) atoms. The molecule has 0 aliphatic rings. The second-order valence-corrected chi connectivity index (χ2v) is 5.10. The van der Waals surface area contributed by atoms with Crippen molar-refractivity contribution in [1.29, 1.82) is 0 Å². The summed E-state index contributed by atoms with van der Waals surface area (Å²) in [7, 11) is -3.70. The third kappa shape index (κ3) is 39.8. The van der Waals surface area contributed by atoms with Crippen molar-refractivity contribution < 1.29 is 26.1 Å². The Morgan fingerprint density at radius 2 is 1.64 bits per heavy atom. The first-order valence-corrected chi connectivity index (χ1v) is 6.35. The molecule has 0 amide bonds. The van der Waals surface area contributed by atoms with Gasteiger partial charge in [-0.1, -0.05) is 19.8 Å². The summed E-state index contributed by atoms with van der Waals surface area (Å²) >= 11 is 0.583. The minimum absolute atomic E-state index is 0.0964. The first kappa shape index (κ1) is 16.6. The summed E-state index contributed by atoms with van der Waals surface area (Å²) in [5, 5.41) is -4.06. The number of rotatable bonds is 4. The van der Waals surface area contributed by atoms with Crippen molar-refractivity contribution in [1.82, 2.24) is 0 Å². The first-order valence-electron chi connectivity index (χ1n) is 3.80. The molecule has 0 fully saturated rings. The molecule has 0 aliphatic carbocycles. The van der Waals surface area contributed by atoms with E-state index in [0.717, 1.165) is 12.8 Å². The van der Waals surface area contributed by atoms with Crippen LogP contribution in [0.25, 0.3) is 0 Å². The molecule has 1 N–H and O–H groups in total. The van der Waals surface area contributed by atoms with Crippen LogP contribution in [0.5, 0.6) is 0 Å². The molecule has 0 radical (unpaired) electrons. The van der Waals surface area contributed by atoms with Gasteiger partial charge in [0, 0.05) is 0 Å². The van der Waals surface area contributed by atoms with Crippen LogP contribution in [0, 0.1) is 0 Å². The van der Waals surface area contributed by atoms with Crippen LogP contribution in [0.2, 0.25) is 0 Å². The topological polar surface area (TPSA) is 54.4 Å². The Hall–Kier alpha value is 0.219. The molecular weight excluding hydrogens is 288 g/mol. The molecule has 0 aliphatic heterocycles. The van der Waals surface area contributed by atoms with Crippen molar-refractivity contribution in [2.24, 2.45) is 0 Å². The molecule has 0 unspecified atom stereocenters. The van der Waals surface area contributed by atoms with E-state index in [2.05, 4.69) is 0 Å². The van der Waals surface area contributed by atoms with E-state index in [0.29, 0.717) is 22.4 Å². The number of alkyl halides is 3. The number of hydrogen-bond acceptors (Lipinski definition) is 2. The second-order valence-electron chi connectivity index (χ2n) is 2.46. The molecular formula is C6H13F3O3SSe. The molecule has 0 saturated heterocycles. The Morgan fingerprint density at radius 3 is 1.86 bits per heavy atom. The van der Waals surface area contributed by atoms with Crippen LogP contribution in [0.4, 0.5) is 13.2 Å². The van der Waals surface area contributed by atoms with Gasteiger partial charge in [-0.2, -0.15) is 8.42 Å². The fourth-order valence-electron chi connectivity index (χ4n) is 0.534. The Kier molecular flexibility index (Phi) is 8.92. The van der Waals surface area contributed by atoms with Crippen molar-refractivity contribution >= 4 is 26.1 Å². The van der Waals surface area contributed by atoms with Crippen LogP contribution >= 0.6 is 0 Å². The monoisotopic (exact) mass is 302 g/mol. The van der Waals surface area contributed by atoms with Crippen molar-refractivity contribution in [3.63, 3.8) is 0 Å². The van der Waals surface area contributed by atoms with Gasteiger partial charge in [0.2, 0.25) is 0 Å². The maximum absolute atomic E-state index is 10.3. The standard InChI is InChI=1S/C5H12O3S.CHF3Se/c1-2-3-4-5-9(6,7)8;2-1(3,4)5/h2-5H2,1H3,(H,6,7,8);5H. The van der Waals surface area contributed by atoms with Crippen LogP contribution in [-0.2, 0) is 10.1 Å². The molecule has 8 heteroatoms. The molecule has 0 rings (SSSR count). The van der Waals surface area contributed by atoms with Gasteiger partial charge in [0.25, 0.3) is 10.1 Å². The van der Waals surface area contributed by atoms with Gasteiger partial charge < -0.3 is 0 Å². The zero-order valence-corrected chi connectivity index (χ0v) is 10.3. The fourth-order valence-corrected chi connectivity index (χ4v) is 1.10. The zero-order valence-electron chi connectivity index (χ0n) is 7.58. The fraction of sp³-hybridized carbons (Fsp3) is 1.00. The second kappa shape index (κ2) is 7.50. The summed E-state index contributed by atoms with van der Waals surface area (Å²) in [6.45, 7) is 1.98. The van der Waals surface area contributed by atoms with Gasteiger partial charge in [-0.3, -0.25) is 4.55 Å². The van der Waals surface area contributed by atoms with E-state index in [-0.39, 0.29) is 5.75 Å². The van der Waals surface area contributed by atoms with Gasteiger partial charge in [-0.25, -0.2) is 0 Å². The van der Waals surface area contributed by atoms with Crippen molar-refractivity contribution in [2.45, 2.75) is 31.3 Å². The molecule has 3 nitrogen and oxygen atoms in total. The van der Waals surface area contributed by atoms with Crippen LogP contribution in [-0.4, -0.2) is 39.8 Å². The molecule has 0 aromatic heterocycles. The molecule has 0 spiro atoms. The van der Waals surface area contributed by atoms with Gasteiger partial charge >= 0.3 is 34.3 Å². The Labute approximate surface area is 89.6 Å². The van der Waals surface area contributed by atoms with E-state index in [1.54, 1.807) is 0 Å². The number of hydrogen-bond donors (Lipinski definition) is 1. The van der Waals surface area contributed by atoms with Gasteiger partial charge in [-0.05, 0) is 6.42 Å². The molecule has 88 valence electrons. The number of unbranched alkanes of at least 4 members (excludes halogenated alkanes) is 2. The summed E-state index contributed by atoms with van der Waals surface area (Å²) < 4.78 is 59.3. The van der Waals surface area contributed by atoms with Crippen LogP contribution in [0.15, 0.2) is 0 Å². The van der Waals surface area contributed by atoms with Gasteiger partial charge in [-0.15, -0.1) is 0 Å². The summed E-state index contributed by atoms with van der Waals surface area (Å²) in [6.07, 6.45) is 2.39. The van der Waals surface area contributed by atoms with Gasteiger partial charge in [0.05, 0.1) is 5.75 Å². The van der Waals surface area contributed by atoms with Crippen molar-refractivity contribution in [3.05, 3.63) is 0 Å². The molecule has 0 aromatic rings. The van der Waals surface area contributed by atoms with Crippen LogP contribution in [0.3, 0.4) is 0 Å². The average Bonchev–Trinajstić information content (AvgIpc) is 1.80. The van der Waals surface area contributed by atoms with Crippen LogP contribution in [0.1, 0.15) is 26.2 Å². The number of halogens is 3. The SMILES string of the molecule is CCCCCS(=O)(=O)O.FC(F)(F)[SeH].